The van der Waals surface area contributed by atoms with E-state index in [1.54, 1.807) is 6.92 Å². The van der Waals surface area contributed by atoms with Crippen molar-refractivity contribution >= 4 is 17.1 Å². The predicted octanol–water partition coefficient (Wildman–Crippen LogP) is 3.97. The molecule has 0 bridgehead atoms. The Bertz CT molecular complexity index is 381. The second kappa shape index (κ2) is 4.26. The van der Waals surface area contributed by atoms with Gasteiger partial charge in [-0.15, -0.1) is 0 Å². The second-order valence-corrected chi connectivity index (χ2v) is 3.46. The predicted molar refractivity (Wildman–Crippen MR) is 53.4 cm³/mol. The summed E-state index contributed by atoms with van der Waals surface area (Å²) in [5, 5.41) is 0. The fraction of sp³-hybridized carbons (Fsp3) is 0.300. The molecule has 1 rings (SSSR count). The molecule has 0 unspecified atom stereocenters. The lowest BCUT2D eigenvalue weighted by Crippen LogP contribution is -2.07. The molecule has 0 aliphatic rings. The fourth-order valence-electron chi connectivity index (χ4n) is 1.11. The van der Waals surface area contributed by atoms with E-state index < -0.39 is 17.6 Å². The van der Waals surface area contributed by atoms with Crippen molar-refractivity contribution in [3.63, 3.8) is 0 Å². The van der Waals surface area contributed by atoms with Gasteiger partial charge in [0.1, 0.15) is 5.82 Å². The normalized spacial score (nSPS) is 11.5. The minimum atomic E-state index is -4.52. The molecule has 0 heterocycles. The highest BCUT2D eigenvalue weighted by atomic mass is 32.1. The maximum absolute atomic E-state index is 13.2. The SMILES string of the molecule is CCC(=S)c1ccc(C(F)(F)F)cc1F. The summed E-state index contributed by atoms with van der Waals surface area (Å²) in [7, 11) is 0. The Hall–Kier alpha value is -0.970. The number of alkyl halides is 3. The Morgan fingerprint density at radius 1 is 1.33 bits per heavy atom. The van der Waals surface area contributed by atoms with Gasteiger partial charge < -0.3 is 0 Å². The van der Waals surface area contributed by atoms with Crippen LogP contribution in [-0.2, 0) is 6.18 Å². The first kappa shape index (κ1) is 12.1. The average Bonchev–Trinajstić information content (AvgIpc) is 2.15. The molecule has 1 aromatic rings. The van der Waals surface area contributed by atoms with E-state index in [1.165, 1.54) is 0 Å². The summed E-state index contributed by atoms with van der Waals surface area (Å²) in [5.74, 6) is -0.920. The molecule has 15 heavy (non-hydrogen) atoms. The van der Waals surface area contributed by atoms with Crippen LogP contribution >= 0.6 is 12.2 Å². The first-order valence-electron chi connectivity index (χ1n) is 4.26. The largest absolute Gasteiger partial charge is 0.416 e. The summed E-state index contributed by atoms with van der Waals surface area (Å²) in [6.07, 6.45) is -4.09. The summed E-state index contributed by atoms with van der Waals surface area (Å²) in [5.41, 5.74) is -0.928. The Labute approximate surface area is 89.9 Å². The first-order chi connectivity index (χ1) is 6.86. The van der Waals surface area contributed by atoms with Gasteiger partial charge in [0, 0.05) is 10.4 Å². The topological polar surface area (TPSA) is 0 Å². The van der Waals surface area contributed by atoms with E-state index in [-0.39, 0.29) is 5.56 Å². The van der Waals surface area contributed by atoms with Gasteiger partial charge in [-0.05, 0) is 18.6 Å². The average molecular weight is 236 g/mol. The van der Waals surface area contributed by atoms with Crippen molar-refractivity contribution in [1.29, 1.82) is 0 Å². The highest BCUT2D eigenvalue weighted by Crippen LogP contribution is 2.30. The molecule has 0 aromatic heterocycles. The molecule has 0 nitrogen and oxygen atoms in total. The van der Waals surface area contributed by atoms with Crippen LogP contribution in [0.15, 0.2) is 18.2 Å². The van der Waals surface area contributed by atoms with E-state index in [4.69, 9.17) is 12.2 Å². The summed E-state index contributed by atoms with van der Waals surface area (Å²) in [4.78, 5) is 0.321. The van der Waals surface area contributed by atoms with Crippen LogP contribution < -0.4 is 0 Å². The molecule has 0 saturated carbocycles. The zero-order chi connectivity index (χ0) is 11.6. The van der Waals surface area contributed by atoms with Gasteiger partial charge in [-0.3, -0.25) is 0 Å². The van der Waals surface area contributed by atoms with Crippen molar-refractivity contribution in [2.75, 3.05) is 0 Å². The van der Waals surface area contributed by atoms with Crippen molar-refractivity contribution in [2.24, 2.45) is 0 Å². The third-order valence-electron chi connectivity index (χ3n) is 1.92. The van der Waals surface area contributed by atoms with Gasteiger partial charge in [0.15, 0.2) is 0 Å². The molecule has 5 heteroatoms. The van der Waals surface area contributed by atoms with E-state index >= 15 is 0 Å². The third-order valence-corrected chi connectivity index (χ3v) is 2.43. The molecule has 0 atom stereocenters. The van der Waals surface area contributed by atoms with Crippen LogP contribution in [0.25, 0.3) is 0 Å². The summed E-state index contributed by atoms with van der Waals surface area (Å²) in [6, 6.07) is 2.38. The molecule has 0 saturated heterocycles. The van der Waals surface area contributed by atoms with E-state index in [0.717, 1.165) is 12.1 Å². The molecule has 0 amide bonds. The van der Waals surface area contributed by atoms with Crippen LogP contribution in [0.4, 0.5) is 17.6 Å². The molecule has 0 fully saturated rings. The maximum atomic E-state index is 13.2. The molecule has 0 spiro atoms. The molecule has 0 radical (unpaired) electrons. The van der Waals surface area contributed by atoms with Crippen molar-refractivity contribution < 1.29 is 17.6 Å². The molecule has 82 valence electrons. The van der Waals surface area contributed by atoms with Gasteiger partial charge in [0.2, 0.25) is 0 Å². The van der Waals surface area contributed by atoms with Crippen molar-refractivity contribution in [2.45, 2.75) is 19.5 Å². The lowest BCUT2D eigenvalue weighted by molar-refractivity contribution is -0.137. The van der Waals surface area contributed by atoms with Gasteiger partial charge in [0.25, 0.3) is 0 Å². The third kappa shape index (κ3) is 2.75. The van der Waals surface area contributed by atoms with E-state index in [1.807, 2.05) is 0 Å². The van der Waals surface area contributed by atoms with E-state index in [0.29, 0.717) is 17.4 Å². The zero-order valence-electron chi connectivity index (χ0n) is 7.86. The Morgan fingerprint density at radius 3 is 2.33 bits per heavy atom. The number of benzene rings is 1. The van der Waals surface area contributed by atoms with Gasteiger partial charge in [-0.1, -0.05) is 25.2 Å². The lowest BCUT2D eigenvalue weighted by atomic mass is 10.1. The molecule has 0 aliphatic carbocycles. The van der Waals surface area contributed by atoms with Crippen molar-refractivity contribution in [1.82, 2.24) is 0 Å². The Kier molecular flexibility index (Phi) is 3.44. The van der Waals surface area contributed by atoms with Crippen LogP contribution in [-0.4, -0.2) is 4.86 Å². The second-order valence-electron chi connectivity index (χ2n) is 2.97. The summed E-state index contributed by atoms with van der Waals surface area (Å²) in [6.45, 7) is 1.72. The van der Waals surface area contributed by atoms with Gasteiger partial charge in [0.05, 0.1) is 5.56 Å². The van der Waals surface area contributed by atoms with Gasteiger partial charge in [-0.25, -0.2) is 4.39 Å². The van der Waals surface area contributed by atoms with Crippen LogP contribution in [0.5, 0.6) is 0 Å². The smallest absolute Gasteiger partial charge is 0.206 e. The first-order valence-corrected chi connectivity index (χ1v) is 4.67. The number of halogens is 4. The van der Waals surface area contributed by atoms with Crippen LogP contribution in [0.1, 0.15) is 24.5 Å². The highest BCUT2D eigenvalue weighted by molar-refractivity contribution is 7.80. The fourth-order valence-corrected chi connectivity index (χ4v) is 1.27. The highest BCUT2D eigenvalue weighted by Gasteiger charge is 2.31. The lowest BCUT2D eigenvalue weighted by Gasteiger charge is -2.08. The number of hydrogen-bond acceptors (Lipinski definition) is 1. The zero-order valence-corrected chi connectivity index (χ0v) is 8.68. The Morgan fingerprint density at radius 2 is 1.93 bits per heavy atom. The van der Waals surface area contributed by atoms with Crippen molar-refractivity contribution in [3.8, 4) is 0 Å². The van der Waals surface area contributed by atoms with Gasteiger partial charge >= 0.3 is 6.18 Å². The number of hydrogen-bond donors (Lipinski definition) is 0. The Balaban J connectivity index is 3.15. The molecular weight excluding hydrogens is 228 g/mol. The minimum absolute atomic E-state index is 0.0699. The maximum Gasteiger partial charge on any atom is 0.416 e. The molecule has 1 aromatic carbocycles. The minimum Gasteiger partial charge on any atom is -0.206 e. The van der Waals surface area contributed by atoms with Crippen LogP contribution in [0.3, 0.4) is 0 Å². The summed E-state index contributed by atoms with van der Waals surface area (Å²) >= 11 is 4.82. The van der Waals surface area contributed by atoms with E-state index in [9.17, 15) is 17.6 Å². The number of rotatable bonds is 2. The number of thiocarbonyl (C=S) groups is 1. The quantitative estimate of drug-likeness (QED) is 0.425. The molecular formula is C10H8F4S. The van der Waals surface area contributed by atoms with E-state index in [2.05, 4.69) is 0 Å². The van der Waals surface area contributed by atoms with Gasteiger partial charge in [-0.2, -0.15) is 13.2 Å². The molecule has 0 N–H and O–H groups in total. The van der Waals surface area contributed by atoms with Crippen LogP contribution in [0.2, 0.25) is 0 Å². The molecule has 0 aliphatic heterocycles. The monoisotopic (exact) mass is 236 g/mol. The summed E-state index contributed by atoms with van der Waals surface area (Å²) < 4.78 is 49.8. The van der Waals surface area contributed by atoms with Crippen molar-refractivity contribution in [3.05, 3.63) is 35.1 Å². The van der Waals surface area contributed by atoms with Crippen LogP contribution in [0, 0.1) is 5.82 Å². The standard InChI is InChI=1S/C10H8F4S/c1-2-9(15)7-4-3-6(5-8(7)11)10(12,13)14/h3-5H,2H2,1H3.